The molecule has 1 N–H and O–H groups in total. The van der Waals surface area contributed by atoms with Gasteiger partial charge in [-0.1, -0.05) is 6.07 Å². The van der Waals surface area contributed by atoms with E-state index in [2.05, 4.69) is 14.7 Å². The first kappa shape index (κ1) is 10.5. The molecular formula is C11H13N3O2. The van der Waals surface area contributed by atoms with E-state index in [1.54, 1.807) is 13.4 Å². The summed E-state index contributed by atoms with van der Waals surface area (Å²) in [5.74, 6) is 0. The van der Waals surface area contributed by atoms with Crippen molar-refractivity contribution >= 4 is 17.1 Å². The summed E-state index contributed by atoms with van der Waals surface area (Å²) in [5, 5.41) is 0. The minimum Gasteiger partial charge on any atom is -0.453 e. The highest BCUT2D eigenvalue weighted by atomic mass is 16.5. The quantitative estimate of drug-likeness (QED) is 0.837. The Morgan fingerprint density at radius 2 is 2.38 bits per heavy atom. The molecule has 0 spiro atoms. The largest absolute Gasteiger partial charge is 0.453 e. The Morgan fingerprint density at radius 1 is 1.56 bits per heavy atom. The molecule has 0 aliphatic heterocycles. The molecule has 84 valence electrons. The molecule has 1 aromatic heterocycles. The van der Waals surface area contributed by atoms with Crippen LogP contribution in [0.5, 0.6) is 0 Å². The Labute approximate surface area is 93.0 Å². The number of methoxy groups -OCH3 is 1. The molecule has 16 heavy (non-hydrogen) atoms. The number of fused-ring (bicyclic) bond motifs is 1. The lowest BCUT2D eigenvalue weighted by atomic mass is 10.2. The van der Waals surface area contributed by atoms with Crippen LogP contribution in [0.1, 0.15) is 5.56 Å². The fourth-order valence-electron chi connectivity index (χ4n) is 1.58. The first-order valence-electron chi connectivity index (χ1n) is 4.92. The summed E-state index contributed by atoms with van der Waals surface area (Å²) in [6.45, 7) is 0.516. The van der Waals surface area contributed by atoms with E-state index in [4.69, 9.17) is 0 Å². The van der Waals surface area contributed by atoms with Gasteiger partial charge in [0, 0.05) is 13.6 Å². The molecule has 2 rings (SSSR count). The van der Waals surface area contributed by atoms with Crippen molar-refractivity contribution in [2.24, 2.45) is 0 Å². The lowest BCUT2D eigenvalue weighted by Gasteiger charge is -2.15. The second kappa shape index (κ2) is 4.22. The topological polar surface area (TPSA) is 58.2 Å². The summed E-state index contributed by atoms with van der Waals surface area (Å²) in [4.78, 5) is 19.9. The Kier molecular flexibility index (Phi) is 2.76. The van der Waals surface area contributed by atoms with Crippen LogP contribution in [0, 0.1) is 0 Å². The molecule has 0 fully saturated rings. The van der Waals surface area contributed by atoms with Gasteiger partial charge in [0.25, 0.3) is 0 Å². The minimum atomic E-state index is -0.343. The van der Waals surface area contributed by atoms with Crippen LogP contribution in [0.3, 0.4) is 0 Å². The van der Waals surface area contributed by atoms with Crippen LogP contribution in [0.2, 0.25) is 0 Å². The zero-order chi connectivity index (χ0) is 11.5. The Morgan fingerprint density at radius 3 is 3.12 bits per heavy atom. The van der Waals surface area contributed by atoms with Gasteiger partial charge in [-0.3, -0.25) is 0 Å². The average molecular weight is 219 g/mol. The fourth-order valence-corrected chi connectivity index (χ4v) is 1.58. The number of ether oxygens (including phenoxy) is 1. The first-order chi connectivity index (χ1) is 7.70. The van der Waals surface area contributed by atoms with E-state index in [1.165, 1.54) is 12.0 Å². The molecule has 5 heteroatoms. The van der Waals surface area contributed by atoms with Gasteiger partial charge in [0.15, 0.2) is 0 Å². The molecule has 0 aliphatic rings. The molecule has 0 radical (unpaired) electrons. The Bertz CT molecular complexity index is 507. The Balaban J connectivity index is 2.17. The van der Waals surface area contributed by atoms with Crippen molar-refractivity contribution in [2.75, 3.05) is 14.2 Å². The zero-order valence-electron chi connectivity index (χ0n) is 9.23. The second-order valence-electron chi connectivity index (χ2n) is 3.58. The van der Waals surface area contributed by atoms with Crippen molar-refractivity contribution in [2.45, 2.75) is 6.54 Å². The van der Waals surface area contributed by atoms with Crippen LogP contribution in [0.25, 0.3) is 11.0 Å². The van der Waals surface area contributed by atoms with E-state index in [9.17, 15) is 4.79 Å². The molecule has 0 saturated heterocycles. The highest BCUT2D eigenvalue weighted by molar-refractivity contribution is 5.75. The molecule has 1 amide bonds. The summed E-state index contributed by atoms with van der Waals surface area (Å²) in [5.41, 5.74) is 2.92. The maximum absolute atomic E-state index is 11.2. The third kappa shape index (κ3) is 1.98. The third-order valence-corrected chi connectivity index (χ3v) is 2.39. The van der Waals surface area contributed by atoms with Crippen molar-refractivity contribution in [1.82, 2.24) is 14.9 Å². The van der Waals surface area contributed by atoms with Crippen molar-refractivity contribution in [1.29, 1.82) is 0 Å². The molecule has 0 bridgehead atoms. The lowest BCUT2D eigenvalue weighted by Crippen LogP contribution is -2.25. The molecule has 0 saturated carbocycles. The summed E-state index contributed by atoms with van der Waals surface area (Å²) in [7, 11) is 3.07. The zero-order valence-corrected chi connectivity index (χ0v) is 9.23. The number of carbonyl (C=O) groups excluding carboxylic acids is 1. The molecular weight excluding hydrogens is 206 g/mol. The highest BCUT2D eigenvalue weighted by Gasteiger charge is 2.08. The molecule has 1 heterocycles. The number of H-pyrrole nitrogens is 1. The fraction of sp³-hybridized carbons (Fsp3) is 0.273. The van der Waals surface area contributed by atoms with Gasteiger partial charge in [0.2, 0.25) is 0 Å². The number of nitrogens with zero attached hydrogens (tertiary/aromatic N) is 2. The number of hydrogen-bond acceptors (Lipinski definition) is 3. The predicted molar refractivity (Wildman–Crippen MR) is 60.0 cm³/mol. The van der Waals surface area contributed by atoms with Crippen LogP contribution in [0.4, 0.5) is 4.79 Å². The summed E-state index contributed by atoms with van der Waals surface area (Å²) >= 11 is 0. The SMILES string of the molecule is COC(=O)N(C)Cc1ccc2nc[nH]c2c1. The van der Waals surface area contributed by atoms with E-state index in [0.29, 0.717) is 6.54 Å². The molecule has 0 atom stereocenters. The maximum atomic E-state index is 11.2. The van der Waals surface area contributed by atoms with Crippen LogP contribution < -0.4 is 0 Å². The van der Waals surface area contributed by atoms with E-state index < -0.39 is 0 Å². The van der Waals surface area contributed by atoms with Crippen molar-refractivity contribution in [3.63, 3.8) is 0 Å². The Hall–Kier alpha value is -2.04. The van der Waals surface area contributed by atoms with E-state index >= 15 is 0 Å². The number of carbonyl (C=O) groups is 1. The van der Waals surface area contributed by atoms with Gasteiger partial charge >= 0.3 is 6.09 Å². The average Bonchev–Trinajstić information content (AvgIpc) is 2.75. The normalized spacial score (nSPS) is 10.4. The van der Waals surface area contributed by atoms with Gasteiger partial charge in [-0.2, -0.15) is 0 Å². The number of amides is 1. The van der Waals surface area contributed by atoms with Crippen molar-refractivity contribution in [3.8, 4) is 0 Å². The van der Waals surface area contributed by atoms with Crippen LogP contribution in [-0.4, -0.2) is 35.1 Å². The highest BCUT2D eigenvalue weighted by Crippen LogP contribution is 2.13. The van der Waals surface area contributed by atoms with Gasteiger partial charge in [-0.05, 0) is 17.7 Å². The van der Waals surface area contributed by atoms with E-state index in [-0.39, 0.29) is 6.09 Å². The summed E-state index contributed by atoms with van der Waals surface area (Å²) < 4.78 is 4.62. The number of imidazole rings is 1. The second-order valence-corrected chi connectivity index (χ2v) is 3.58. The van der Waals surface area contributed by atoms with Crippen LogP contribution >= 0.6 is 0 Å². The number of benzene rings is 1. The molecule has 5 nitrogen and oxygen atoms in total. The van der Waals surface area contributed by atoms with Crippen molar-refractivity contribution in [3.05, 3.63) is 30.1 Å². The summed E-state index contributed by atoms with van der Waals surface area (Å²) in [6, 6.07) is 5.84. The van der Waals surface area contributed by atoms with Crippen molar-refractivity contribution < 1.29 is 9.53 Å². The summed E-state index contributed by atoms with van der Waals surface area (Å²) in [6.07, 6.45) is 1.31. The minimum absolute atomic E-state index is 0.343. The van der Waals surface area contributed by atoms with Gasteiger partial charge in [0.1, 0.15) is 0 Å². The first-order valence-corrected chi connectivity index (χ1v) is 4.92. The number of aromatic amines is 1. The maximum Gasteiger partial charge on any atom is 0.409 e. The van der Waals surface area contributed by atoms with E-state index in [1.807, 2.05) is 18.2 Å². The number of hydrogen-bond donors (Lipinski definition) is 1. The monoisotopic (exact) mass is 219 g/mol. The number of rotatable bonds is 2. The molecule has 1 aromatic carbocycles. The lowest BCUT2D eigenvalue weighted by molar-refractivity contribution is 0.131. The van der Waals surface area contributed by atoms with Gasteiger partial charge in [-0.15, -0.1) is 0 Å². The number of nitrogens with one attached hydrogen (secondary N) is 1. The number of aromatic nitrogens is 2. The van der Waals surface area contributed by atoms with Gasteiger partial charge < -0.3 is 14.6 Å². The van der Waals surface area contributed by atoms with Crippen LogP contribution in [0.15, 0.2) is 24.5 Å². The predicted octanol–water partition coefficient (Wildman–Crippen LogP) is 1.76. The van der Waals surface area contributed by atoms with Crippen LogP contribution in [-0.2, 0) is 11.3 Å². The van der Waals surface area contributed by atoms with Gasteiger partial charge in [0.05, 0.1) is 24.5 Å². The molecule has 0 unspecified atom stereocenters. The van der Waals surface area contributed by atoms with Gasteiger partial charge in [-0.25, -0.2) is 9.78 Å². The standard InChI is InChI=1S/C11H13N3O2/c1-14(11(15)16-2)6-8-3-4-9-10(5-8)13-7-12-9/h3-5,7H,6H2,1-2H3,(H,12,13). The smallest absolute Gasteiger partial charge is 0.409 e. The third-order valence-electron chi connectivity index (χ3n) is 2.39. The van der Waals surface area contributed by atoms with E-state index in [0.717, 1.165) is 16.6 Å². The molecule has 2 aromatic rings. The molecule has 0 aliphatic carbocycles.